The number of rotatable bonds is 9. The van der Waals surface area contributed by atoms with Gasteiger partial charge in [-0.2, -0.15) is 8.78 Å². The molecule has 2 aromatic rings. The number of hydrogen-bond donors (Lipinski definition) is 2. The summed E-state index contributed by atoms with van der Waals surface area (Å²) in [7, 11) is 3.19. The Morgan fingerprint density at radius 2 is 1.96 bits per heavy atom. The van der Waals surface area contributed by atoms with E-state index >= 15 is 0 Å². The van der Waals surface area contributed by atoms with E-state index in [-0.39, 0.29) is 36.3 Å². The first-order valence-corrected chi connectivity index (χ1v) is 8.62. The van der Waals surface area contributed by atoms with Gasteiger partial charge in [0.05, 0.1) is 14.2 Å². The summed E-state index contributed by atoms with van der Waals surface area (Å²) in [6.45, 7) is 0.642. The highest BCUT2D eigenvalue weighted by molar-refractivity contribution is 14.0. The zero-order chi connectivity index (χ0) is 19.6. The summed E-state index contributed by atoms with van der Waals surface area (Å²) in [4.78, 5) is 8.25. The molecule has 0 bridgehead atoms. The third-order valence-corrected chi connectivity index (χ3v) is 3.84. The molecule has 0 aliphatic carbocycles. The van der Waals surface area contributed by atoms with Gasteiger partial charge in [-0.1, -0.05) is 6.07 Å². The van der Waals surface area contributed by atoms with Gasteiger partial charge in [-0.3, -0.25) is 4.57 Å². The predicted molar refractivity (Wildman–Crippen MR) is 115 cm³/mol. The van der Waals surface area contributed by atoms with Crippen LogP contribution in [0.1, 0.15) is 24.9 Å². The van der Waals surface area contributed by atoms with Crippen LogP contribution in [0.5, 0.6) is 11.5 Å². The molecule has 1 aromatic carbocycles. The molecule has 28 heavy (non-hydrogen) atoms. The van der Waals surface area contributed by atoms with Crippen LogP contribution in [0.4, 0.5) is 8.78 Å². The molecule has 0 saturated heterocycles. The van der Waals surface area contributed by atoms with E-state index in [1.807, 2.05) is 25.1 Å². The number of alkyl halides is 2. The summed E-state index contributed by atoms with van der Waals surface area (Å²) in [5.74, 6) is 2.11. The third-order valence-electron chi connectivity index (χ3n) is 3.84. The molecule has 0 saturated carbocycles. The molecule has 0 spiro atoms. The normalized spacial score (nSPS) is 11.1. The second-order valence-electron chi connectivity index (χ2n) is 5.59. The Labute approximate surface area is 180 Å². The zero-order valence-electron chi connectivity index (χ0n) is 16.1. The van der Waals surface area contributed by atoms with Gasteiger partial charge in [0.15, 0.2) is 17.5 Å². The SMILES string of the molecule is CCNC(=NCc1nccn1C(F)F)NCCc1ccc(OC)c(OC)c1.I. The van der Waals surface area contributed by atoms with Gasteiger partial charge in [0, 0.05) is 25.5 Å². The Bertz CT molecular complexity index is 755. The number of guanidine groups is 1. The fourth-order valence-corrected chi connectivity index (χ4v) is 2.50. The van der Waals surface area contributed by atoms with Crippen LogP contribution in [0, 0.1) is 0 Å². The molecule has 2 rings (SSSR count). The third kappa shape index (κ3) is 6.80. The largest absolute Gasteiger partial charge is 0.493 e. The van der Waals surface area contributed by atoms with E-state index in [1.54, 1.807) is 14.2 Å². The van der Waals surface area contributed by atoms with Crippen molar-refractivity contribution >= 4 is 29.9 Å². The van der Waals surface area contributed by atoms with E-state index in [9.17, 15) is 8.78 Å². The van der Waals surface area contributed by atoms with Crippen LogP contribution < -0.4 is 20.1 Å². The highest BCUT2D eigenvalue weighted by Gasteiger charge is 2.11. The summed E-state index contributed by atoms with van der Waals surface area (Å²) in [6, 6.07) is 5.74. The topological polar surface area (TPSA) is 72.7 Å². The number of hydrogen-bond acceptors (Lipinski definition) is 4. The number of ether oxygens (including phenoxy) is 2. The van der Waals surface area contributed by atoms with Crippen molar-refractivity contribution in [3.8, 4) is 11.5 Å². The van der Waals surface area contributed by atoms with Gasteiger partial charge in [-0.05, 0) is 31.0 Å². The summed E-state index contributed by atoms with van der Waals surface area (Å²) < 4.78 is 37.1. The molecule has 1 heterocycles. The van der Waals surface area contributed by atoms with Crippen LogP contribution in [-0.4, -0.2) is 42.8 Å². The Balaban J connectivity index is 0.00000392. The summed E-state index contributed by atoms with van der Waals surface area (Å²) >= 11 is 0. The monoisotopic (exact) mass is 509 g/mol. The Kier molecular flexibility index (Phi) is 10.6. The Morgan fingerprint density at radius 1 is 1.21 bits per heavy atom. The first kappa shape index (κ1) is 23.9. The summed E-state index contributed by atoms with van der Waals surface area (Å²) in [5.41, 5.74) is 1.07. The maximum absolute atomic E-state index is 12.9. The highest BCUT2D eigenvalue weighted by atomic mass is 127. The van der Waals surface area contributed by atoms with Gasteiger partial charge < -0.3 is 20.1 Å². The van der Waals surface area contributed by atoms with Crippen molar-refractivity contribution < 1.29 is 18.3 Å². The molecule has 2 N–H and O–H groups in total. The predicted octanol–water partition coefficient (Wildman–Crippen LogP) is 3.21. The van der Waals surface area contributed by atoms with Crippen molar-refractivity contribution in [1.82, 2.24) is 20.2 Å². The standard InChI is InChI=1S/C18H25F2N5O2.HI/c1-4-21-18(24-12-16-22-9-10-25(16)17(19)20)23-8-7-13-5-6-14(26-2)15(11-13)27-3;/h5-6,9-11,17H,4,7-8,12H2,1-3H3,(H2,21,23,24);1H. The number of nitrogens with one attached hydrogen (secondary N) is 2. The minimum absolute atomic E-state index is 0. The second-order valence-corrected chi connectivity index (χ2v) is 5.59. The number of imidazole rings is 1. The van der Waals surface area contributed by atoms with E-state index in [2.05, 4.69) is 20.6 Å². The van der Waals surface area contributed by atoms with Crippen molar-refractivity contribution in [3.63, 3.8) is 0 Å². The molecule has 0 atom stereocenters. The number of nitrogens with zero attached hydrogens (tertiary/aromatic N) is 3. The first-order chi connectivity index (χ1) is 13.1. The number of aromatic nitrogens is 2. The molecule has 0 radical (unpaired) electrons. The number of halogens is 3. The lowest BCUT2D eigenvalue weighted by atomic mass is 10.1. The lowest BCUT2D eigenvalue weighted by molar-refractivity contribution is 0.0671. The van der Waals surface area contributed by atoms with E-state index in [4.69, 9.17) is 9.47 Å². The van der Waals surface area contributed by atoms with Gasteiger partial charge in [0.25, 0.3) is 0 Å². The molecule has 10 heteroatoms. The van der Waals surface area contributed by atoms with E-state index in [1.165, 1.54) is 12.4 Å². The van der Waals surface area contributed by atoms with Gasteiger partial charge in [-0.15, -0.1) is 24.0 Å². The fraction of sp³-hybridized carbons (Fsp3) is 0.444. The van der Waals surface area contributed by atoms with Crippen molar-refractivity contribution in [3.05, 3.63) is 42.0 Å². The number of benzene rings is 1. The minimum Gasteiger partial charge on any atom is -0.493 e. The van der Waals surface area contributed by atoms with E-state index in [0.717, 1.165) is 16.6 Å². The molecule has 7 nitrogen and oxygen atoms in total. The van der Waals surface area contributed by atoms with Crippen LogP contribution in [0.15, 0.2) is 35.6 Å². The molecule has 1 aromatic heterocycles. The van der Waals surface area contributed by atoms with E-state index < -0.39 is 6.55 Å². The molecular weight excluding hydrogens is 483 g/mol. The lowest BCUT2D eigenvalue weighted by Crippen LogP contribution is -2.38. The van der Waals surface area contributed by atoms with Crippen LogP contribution in [0.3, 0.4) is 0 Å². The molecule has 0 amide bonds. The Hall–Kier alpha value is -2.11. The van der Waals surface area contributed by atoms with Crippen LogP contribution in [-0.2, 0) is 13.0 Å². The molecule has 156 valence electrons. The number of aliphatic imine (C=N–C) groups is 1. The smallest absolute Gasteiger partial charge is 0.319 e. The molecule has 0 fully saturated rings. The van der Waals surface area contributed by atoms with Gasteiger partial charge in [0.1, 0.15) is 12.4 Å². The van der Waals surface area contributed by atoms with Crippen LogP contribution in [0.25, 0.3) is 0 Å². The average molecular weight is 509 g/mol. The van der Waals surface area contributed by atoms with Crippen LogP contribution in [0.2, 0.25) is 0 Å². The Morgan fingerprint density at radius 3 is 2.61 bits per heavy atom. The summed E-state index contributed by atoms with van der Waals surface area (Å²) in [5, 5.41) is 6.28. The maximum Gasteiger partial charge on any atom is 0.319 e. The number of methoxy groups -OCH3 is 2. The van der Waals surface area contributed by atoms with Crippen molar-refractivity contribution in [1.29, 1.82) is 0 Å². The van der Waals surface area contributed by atoms with Crippen molar-refractivity contribution in [2.75, 3.05) is 27.3 Å². The van der Waals surface area contributed by atoms with Crippen molar-refractivity contribution in [2.45, 2.75) is 26.4 Å². The molecular formula is C18H26F2IN5O2. The quantitative estimate of drug-likeness (QED) is 0.309. The van der Waals surface area contributed by atoms with Crippen molar-refractivity contribution in [2.24, 2.45) is 4.99 Å². The van der Waals surface area contributed by atoms with E-state index in [0.29, 0.717) is 30.5 Å². The lowest BCUT2D eigenvalue weighted by Gasteiger charge is -2.13. The molecule has 0 aliphatic heterocycles. The summed E-state index contributed by atoms with van der Waals surface area (Å²) in [6.07, 6.45) is 3.32. The molecule has 0 unspecified atom stereocenters. The average Bonchev–Trinajstić information content (AvgIpc) is 3.15. The fourth-order valence-electron chi connectivity index (χ4n) is 2.50. The maximum atomic E-state index is 12.9. The van der Waals surface area contributed by atoms with Gasteiger partial charge in [-0.25, -0.2) is 9.98 Å². The van der Waals surface area contributed by atoms with Gasteiger partial charge >= 0.3 is 6.55 Å². The van der Waals surface area contributed by atoms with Crippen LogP contribution >= 0.6 is 24.0 Å². The first-order valence-electron chi connectivity index (χ1n) is 8.62. The zero-order valence-corrected chi connectivity index (χ0v) is 18.4. The highest BCUT2D eigenvalue weighted by Crippen LogP contribution is 2.27. The minimum atomic E-state index is -2.63. The van der Waals surface area contributed by atoms with Gasteiger partial charge in [0.2, 0.25) is 0 Å². The molecule has 0 aliphatic rings. The second kappa shape index (κ2) is 12.4.